The third kappa shape index (κ3) is 6.91. The fourth-order valence-electron chi connectivity index (χ4n) is 4.05. The van der Waals surface area contributed by atoms with Gasteiger partial charge in [0.2, 0.25) is 0 Å². The van der Waals surface area contributed by atoms with Crippen LogP contribution in [0, 0.1) is 11.3 Å². The van der Waals surface area contributed by atoms with Crippen LogP contribution in [0.15, 0.2) is 42.0 Å². The summed E-state index contributed by atoms with van der Waals surface area (Å²) in [6, 6.07) is 13.4. The molecule has 0 heterocycles. The Morgan fingerprint density at radius 1 is 1.12 bits per heavy atom. The molecule has 0 radical (unpaired) electrons. The Balaban J connectivity index is 1.58. The molecule has 7 heteroatoms. The van der Waals surface area contributed by atoms with E-state index in [0.29, 0.717) is 34.6 Å². The van der Waals surface area contributed by atoms with Gasteiger partial charge in [-0.1, -0.05) is 43.0 Å². The summed E-state index contributed by atoms with van der Waals surface area (Å²) in [5.74, 6) is 1.53. The maximum atomic E-state index is 11.9. The van der Waals surface area contributed by atoms with Crippen LogP contribution in [0.2, 0.25) is 5.02 Å². The number of hydrogen-bond acceptors (Lipinski definition) is 6. The quantitative estimate of drug-likeness (QED) is 0.170. The lowest BCUT2D eigenvalue weighted by Crippen LogP contribution is -2.10. The number of ether oxygens (including phenoxy) is 4. The highest BCUT2D eigenvalue weighted by Gasteiger charge is 2.16. The number of nitriles is 1. The van der Waals surface area contributed by atoms with E-state index in [1.54, 1.807) is 19.1 Å². The lowest BCUT2D eigenvalue weighted by molar-refractivity contribution is -0.137. The zero-order valence-electron chi connectivity index (χ0n) is 19.6. The minimum Gasteiger partial charge on any atom is -0.493 e. The number of esters is 1. The van der Waals surface area contributed by atoms with E-state index < -0.39 is 5.97 Å². The molecule has 0 amide bonds. The molecule has 0 aliphatic heterocycles. The molecule has 0 unspecified atom stereocenters. The van der Waals surface area contributed by atoms with Gasteiger partial charge in [0.15, 0.2) is 11.5 Å². The third-order valence-electron chi connectivity index (χ3n) is 5.73. The Morgan fingerprint density at radius 2 is 1.82 bits per heavy atom. The molecule has 0 bridgehead atoms. The Hall–Kier alpha value is -3.17. The zero-order chi connectivity index (χ0) is 24.3. The molecule has 0 spiro atoms. The smallest absolute Gasteiger partial charge is 0.348 e. The van der Waals surface area contributed by atoms with E-state index in [2.05, 4.69) is 12.1 Å². The fourth-order valence-corrected chi connectivity index (χ4v) is 4.32. The Kier molecular flexibility index (Phi) is 9.66. The molecule has 2 aromatic rings. The van der Waals surface area contributed by atoms with Crippen molar-refractivity contribution in [2.75, 3.05) is 26.9 Å². The molecule has 1 saturated carbocycles. The van der Waals surface area contributed by atoms with Crippen molar-refractivity contribution in [1.82, 2.24) is 0 Å². The Bertz CT molecular complexity index is 1040. The molecule has 180 valence electrons. The van der Waals surface area contributed by atoms with Gasteiger partial charge in [-0.05, 0) is 67.2 Å². The van der Waals surface area contributed by atoms with Crippen LogP contribution in [0.3, 0.4) is 0 Å². The minimum atomic E-state index is -0.690. The second-order valence-electron chi connectivity index (χ2n) is 8.03. The van der Waals surface area contributed by atoms with Gasteiger partial charge in [0.25, 0.3) is 0 Å². The first kappa shape index (κ1) is 25.5. The standard InChI is InChI=1S/C27H30ClNO5/c1-3-32-27(30)22(18-29)15-19-16-24(28)26(25(17-19)31-2)34-14-13-33-23-11-9-21(10-12-23)20-7-5-4-6-8-20/h9-12,15-17,20H,3-8,13-14H2,1-2H3/b22-15+. The molecule has 0 atom stereocenters. The van der Waals surface area contributed by atoms with Crippen molar-refractivity contribution < 1.29 is 23.7 Å². The maximum Gasteiger partial charge on any atom is 0.348 e. The number of benzene rings is 2. The van der Waals surface area contributed by atoms with Crippen molar-refractivity contribution in [2.45, 2.75) is 44.9 Å². The predicted octanol–water partition coefficient (Wildman–Crippen LogP) is 6.32. The van der Waals surface area contributed by atoms with Gasteiger partial charge < -0.3 is 18.9 Å². The highest BCUT2D eigenvalue weighted by Crippen LogP contribution is 2.37. The number of carbonyl (C=O) groups excluding carboxylic acids is 1. The van der Waals surface area contributed by atoms with Crippen molar-refractivity contribution in [1.29, 1.82) is 5.26 Å². The predicted molar refractivity (Wildman–Crippen MR) is 131 cm³/mol. The van der Waals surface area contributed by atoms with Crippen LogP contribution >= 0.6 is 11.6 Å². The fraction of sp³-hybridized carbons (Fsp3) is 0.407. The van der Waals surface area contributed by atoms with Gasteiger partial charge in [-0.25, -0.2) is 4.79 Å². The third-order valence-corrected chi connectivity index (χ3v) is 6.01. The normalized spacial score (nSPS) is 14.2. The molecule has 1 fully saturated rings. The molecule has 34 heavy (non-hydrogen) atoms. The van der Waals surface area contributed by atoms with E-state index >= 15 is 0 Å². The summed E-state index contributed by atoms with van der Waals surface area (Å²) in [5.41, 5.74) is 1.78. The van der Waals surface area contributed by atoms with Crippen LogP contribution in [0.25, 0.3) is 6.08 Å². The summed E-state index contributed by atoms with van der Waals surface area (Å²) in [6.45, 7) is 2.46. The Labute approximate surface area is 206 Å². The van der Waals surface area contributed by atoms with Crippen molar-refractivity contribution in [3.8, 4) is 23.3 Å². The van der Waals surface area contributed by atoms with Gasteiger partial charge in [0, 0.05) is 0 Å². The van der Waals surface area contributed by atoms with Gasteiger partial charge in [-0.2, -0.15) is 5.26 Å². The van der Waals surface area contributed by atoms with Gasteiger partial charge in [0.1, 0.15) is 30.6 Å². The summed E-state index contributed by atoms with van der Waals surface area (Å²) in [5, 5.41) is 9.53. The number of carbonyl (C=O) groups is 1. The number of rotatable bonds is 10. The number of nitrogens with zero attached hydrogens (tertiary/aromatic N) is 1. The van der Waals surface area contributed by atoms with E-state index in [1.165, 1.54) is 50.9 Å². The summed E-state index contributed by atoms with van der Waals surface area (Å²) in [6.07, 6.45) is 7.91. The average molecular weight is 484 g/mol. The summed E-state index contributed by atoms with van der Waals surface area (Å²) in [4.78, 5) is 11.9. The minimum absolute atomic E-state index is 0.128. The molecule has 0 aromatic heterocycles. The van der Waals surface area contributed by atoms with Crippen LogP contribution in [-0.4, -0.2) is 32.9 Å². The second kappa shape index (κ2) is 12.9. The van der Waals surface area contributed by atoms with E-state index in [4.69, 9.17) is 30.5 Å². The lowest BCUT2D eigenvalue weighted by Gasteiger charge is -2.22. The van der Waals surface area contributed by atoms with Gasteiger partial charge in [-0.3, -0.25) is 0 Å². The molecule has 1 aliphatic rings. The van der Waals surface area contributed by atoms with Crippen molar-refractivity contribution in [2.24, 2.45) is 0 Å². The van der Waals surface area contributed by atoms with Crippen molar-refractivity contribution >= 4 is 23.6 Å². The van der Waals surface area contributed by atoms with Gasteiger partial charge in [-0.15, -0.1) is 0 Å². The Morgan fingerprint density at radius 3 is 2.47 bits per heavy atom. The second-order valence-corrected chi connectivity index (χ2v) is 8.43. The van der Waals surface area contributed by atoms with Gasteiger partial charge >= 0.3 is 5.97 Å². The molecule has 3 rings (SSSR count). The van der Waals surface area contributed by atoms with Crippen LogP contribution in [0.1, 0.15) is 56.1 Å². The maximum absolute atomic E-state index is 11.9. The first-order chi connectivity index (χ1) is 16.5. The first-order valence-electron chi connectivity index (χ1n) is 11.6. The topological polar surface area (TPSA) is 77.8 Å². The van der Waals surface area contributed by atoms with Crippen LogP contribution < -0.4 is 14.2 Å². The number of methoxy groups -OCH3 is 1. The van der Waals surface area contributed by atoms with E-state index in [1.807, 2.05) is 18.2 Å². The lowest BCUT2D eigenvalue weighted by atomic mass is 9.84. The molecule has 0 saturated heterocycles. The van der Waals surface area contributed by atoms with Crippen molar-refractivity contribution in [3.05, 3.63) is 58.1 Å². The van der Waals surface area contributed by atoms with Gasteiger partial charge in [0.05, 0.1) is 18.7 Å². The molecule has 2 aromatic carbocycles. The highest BCUT2D eigenvalue weighted by molar-refractivity contribution is 6.32. The average Bonchev–Trinajstić information content (AvgIpc) is 2.86. The van der Waals surface area contributed by atoms with E-state index in [9.17, 15) is 10.1 Å². The van der Waals surface area contributed by atoms with Crippen molar-refractivity contribution in [3.63, 3.8) is 0 Å². The zero-order valence-corrected chi connectivity index (χ0v) is 20.4. The molecular weight excluding hydrogens is 454 g/mol. The first-order valence-corrected chi connectivity index (χ1v) is 12.0. The largest absolute Gasteiger partial charge is 0.493 e. The summed E-state index contributed by atoms with van der Waals surface area (Å²) < 4.78 is 21.9. The van der Waals surface area contributed by atoms with Crippen LogP contribution in [0.5, 0.6) is 17.2 Å². The summed E-state index contributed by atoms with van der Waals surface area (Å²) >= 11 is 6.39. The molecule has 1 aliphatic carbocycles. The SMILES string of the molecule is CCOC(=O)/C(C#N)=C/c1cc(Cl)c(OCCOc2ccc(C3CCCCC3)cc2)c(OC)c1. The van der Waals surface area contributed by atoms with E-state index in [0.717, 1.165) is 5.75 Å². The molecular formula is C27H30ClNO5. The summed E-state index contributed by atoms with van der Waals surface area (Å²) in [7, 11) is 1.49. The van der Waals surface area contributed by atoms with Crippen LogP contribution in [0.4, 0.5) is 0 Å². The van der Waals surface area contributed by atoms with E-state index in [-0.39, 0.29) is 18.8 Å². The molecule has 0 N–H and O–H groups in total. The highest BCUT2D eigenvalue weighted by atomic mass is 35.5. The number of halogens is 1. The van der Waals surface area contributed by atoms with Crippen LogP contribution in [-0.2, 0) is 9.53 Å². The monoisotopic (exact) mass is 483 g/mol. The molecule has 6 nitrogen and oxygen atoms in total. The number of hydrogen-bond donors (Lipinski definition) is 0.